The molecule has 1 aromatic carbocycles. The number of pyridine rings is 1. The van der Waals surface area contributed by atoms with E-state index in [1.54, 1.807) is 0 Å². The van der Waals surface area contributed by atoms with Crippen LogP contribution < -0.4 is 29.6 Å². The van der Waals surface area contributed by atoms with E-state index in [0.717, 1.165) is 36.2 Å². The van der Waals surface area contributed by atoms with E-state index < -0.39 is 0 Å². The van der Waals surface area contributed by atoms with E-state index in [4.69, 9.17) is 0 Å². The number of rotatable bonds is 5. The molecule has 0 radical (unpaired) electrons. The Balaban J connectivity index is 0.000000262. The molecule has 0 saturated carbocycles. The van der Waals surface area contributed by atoms with Crippen LogP contribution in [-0.2, 0) is 13.5 Å². The van der Waals surface area contributed by atoms with Crippen LogP contribution in [0.5, 0.6) is 0 Å². The third-order valence-corrected chi connectivity index (χ3v) is 4.26. The Labute approximate surface area is 186 Å². The van der Waals surface area contributed by atoms with Crippen LogP contribution in [0.2, 0.25) is 0 Å². The van der Waals surface area contributed by atoms with Crippen LogP contribution in [0.3, 0.4) is 0 Å². The molecule has 27 heavy (non-hydrogen) atoms. The van der Waals surface area contributed by atoms with Gasteiger partial charge in [-0.3, -0.25) is 9.67 Å². The molecule has 0 aliphatic rings. The molecule has 0 N–H and O–H groups in total. The molecule has 3 aromatic rings. The van der Waals surface area contributed by atoms with Gasteiger partial charge in [0.05, 0.1) is 0 Å². The van der Waals surface area contributed by atoms with Crippen molar-refractivity contribution in [1.29, 1.82) is 0 Å². The van der Waals surface area contributed by atoms with Crippen molar-refractivity contribution in [3.05, 3.63) is 79.3 Å². The number of fused-ring (bicyclic) bond motifs is 1. The average molecular weight is 372 g/mol. The topological polar surface area (TPSA) is 30.7 Å². The zero-order valence-electron chi connectivity index (χ0n) is 17.5. The monoisotopic (exact) mass is 371 g/mol. The van der Waals surface area contributed by atoms with Crippen LogP contribution in [0.25, 0.3) is 10.9 Å². The summed E-state index contributed by atoms with van der Waals surface area (Å²) in [6.45, 7) is 14.1. The van der Waals surface area contributed by atoms with E-state index in [-0.39, 0.29) is 29.6 Å². The van der Waals surface area contributed by atoms with Gasteiger partial charge in [0.15, 0.2) is 0 Å². The maximum atomic E-state index is 4.35. The van der Waals surface area contributed by atoms with Crippen molar-refractivity contribution in [2.24, 2.45) is 13.0 Å². The molecule has 3 rings (SSSR count). The summed E-state index contributed by atoms with van der Waals surface area (Å²) in [6.07, 6.45) is 7.21. The number of benzene rings is 1. The fourth-order valence-corrected chi connectivity index (χ4v) is 3.10. The van der Waals surface area contributed by atoms with Crippen molar-refractivity contribution >= 4 is 10.9 Å². The molecule has 0 aliphatic heterocycles. The summed E-state index contributed by atoms with van der Waals surface area (Å²) in [7, 11) is 1.94. The number of nitrogens with zero attached hydrogens (tertiary/aromatic N) is 3. The number of aromatic nitrogens is 3. The quantitative estimate of drug-likeness (QED) is 0.510. The number of hydrogen-bond acceptors (Lipinski definition) is 2. The van der Waals surface area contributed by atoms with Crippen LogP contribution >= 0.6 is 0 Å². The first-order chi connectivity index (χ1) is 12.4. The molecule has 2 heterocycles. The van der Waals surface area contributed by atoms with Crippen LogP contribution in [0.15, 0.2) is 36.5 Å². The van der Waals surface area contributed by atoms with E-state index in [1.165, 1.54) is 16.5 Å². The summed E-state index contributed by atoms with van der Waals surface area (Å²) in [5, 5.41) is 5.52. The summed E-state index contributed by atoms with van der Waals surface area (Å²) in [4.78, 5) is 4.35. The fraction of sp³-hybridized carbons (Fsp3) is 0.348. The largest absolute Gasteiger partial charge is 1.00 e. The summed E-state index contributed by atoms with van der Waals surface area (Å²) < 4.78 is 1.84. The first-order valence-corrected chi connectivity index (χ1v) is 9.20. The smallest absolute Gasteiger partial charge is 0.343 e. The summed E-state index contributed by atoms with van der Waals surface area (Å²) in [6, 6.07) is 10.6. The van der Waals surface area contributed by atoms with Gasteiger partial charge in [-0.2, -0.15) is 35.5 Å². The van der Waals surface area contributed by atoms with Crippen molar-refractivity contribution < 1.29 is 29.6 Å². The van der Waals surface area contributed by atoms with E-state index in [0.29, 0.717) is 5.92 Å². The van der Waals surface area contributed by atoms with Crippen molar-refractivity contribution in [2.45, 2.75) is 40.0 Å². The van der Waals surface area contributed by atoms with Gasteiger partial charge < -0.3 is 13.8 Å². The molecule has 0 spiro atoms. The Bertz CT molecular complexity index is 819. The maximum Gasteiger partial charge on any atom is 1.00 e. The second-order valence-corrected chi connectivity index (χ2v) is 6.88. The minimum atomic E-state index is 0. The predicted octanol–water partition coefficient (Wildman–Crippen LogP) is 2.46. The molecule has 3 nitrogen and oxygen atoms in total. The van der Waals surface area contributed by atoms with Gasteiger partial charge in [-0.05, 0) is 36.9 Å². The standard InChI is InChI=1S/C13H19N.C10H11N2.Na/c1-5-6-10(2)7-13-8-11(3)14-12(4)9-13;1-3-8-4-5-9-7-12(2)11-10(9)6-8;/h8-10H,1-2,5-7H2,3-4H3;3-7H,1-2H3;/q-2;-1;+1/t10-;;/m1../s1. The van der Waals surface area contributed by atoms with E-state index in [2.05, 4.69) is 60.7 Å². The van der Waals surface area contributed by atoms with Crippen molar-refractivity contribution in [3.63, 3.8) is 0 Å². The van der Waals surface area contributed by atoms with Crippen molar-refractivity contribution in [1.82, 2.24) is 14.8 Å². The van der Waals surface area contributed by atoms with E-state index >= 15 is 0 Å². The Morgan fingerprint density at radius 1 is 1.15 bits per heavy atom. The molecule has 0 saturated heterocycles. The van der Waals surface area contributed by atoms with Gasteiger partial charge in [-0.25, -0.2) is 0 Å². The molecule has 1 atom stereocenters. The van der Waals surface area contributed by atoms with Gasteiger partial charge in [0.1, 0.15) is 0 Å². The Morgan fingerprint density at radius 3 is 2.41 bits per heavy atom. The first kappa shape index (κ1) is 23.7. The third kappa shape index (κ3) is 7.69. The second-order valence-electron chi connectivity index (χ2n) is 6.88. The average Bonchev–Trinajstić information content (AvgIpc) is 2.93. The zero-order valence-corrected chi connectivity index (χ0v) is 19.5. The van der Waals surface area contributed by atoms with E-state index in [1.807, 2.05) is 38.7 Å². The first-order valence-electron chi connectivity index (χ1n) is 9.20. The molecule has 0 fully saturated rings. The van der Waals surface area contributed by atoms with Gasteiger partial charge >= 0.3 is 29.6 Å². The van der Waals surface area contributed by atoms with Crippen LogP contribution in [-0.4, -0.2) is 14.8 Å². The SMILES string of the molecule is C[CH-]c1ccc2cn(C)nc2c1.[CH2-]CC[C@@H]([CH2-])Cc1cc(C)nc(C)c1.[Na+]. The van der Waals surface area contributed by atoms with Crippen molar-refractivity contribution in [2.75, 3.05) is 0 Å². The maximum absolute atomic E-state index is 4.35. The molecule has 0 aliphatic carbocycles. The summed E-state index contributed by atoms with van der Waals surface area (Å²) in [5.74, 6) is 0.480. The predicted molar refractivity (Wildman–Crippen MR) is 111 cm³/mol. The second kappa shape index (κ2) is 11.5. The Kier molecular flexibility index (Phi) is 10.1. The molecule has 0 unspecified atom stereocenters. The Hall–Kier alpha value is -1.29. The van der Waals surface area contributed by atoms with Gasteiger partial charge in [-0.1, -0.05) is 13.3 Å². The molecule has 140 valence electrons. The van der Waals surface area contributed by atoms with Gasteiger partial charge in [0.2, 0.25) is 0 Å². The molecular formula is C23H30N3Na-2. The van der Waals surface area contributed by atoms with Gasteiger partial charge in [-0.15, -0.1) is 18.6 Å². The number of aryl methyl sites for hydroxylation is 3. The third-order valence-electron chi connectivity index (χ3n) is 4.26. The number of hydrogen-bond donors (Lipinski definition) is 0. The van der Waals surface area contributed by atoms with E-state index in [9.17, 15) is 0 Å². The Morgan fingerprint density at radius 2 is 1.81 bits per heavy atom. The normalized spacial score (nSPS) is 11.3. The molecule has 0 bridgehead atoms. The van der Waals surface area contributed by atoms with Crippen molar-refractivity contribution in [3.8, 4) is 0 Å². The zero-order chi connectivity index (χ0) is 19.1. The molecule has 4 heteroatoms. The summed E-state index contributed by atoms with van der Waals surface area (Å²) in [5.41, 5.74) is 5.83. The molecule has 2 aromatic heterocycles. The van der Waals surface area contributed by atoms with Crippen LogP contribution in [0.4, 0.5) is 0 Å². The fourth-order valence-electron chi connectivity index (χ4n) is 3.10. The summed E-state index contributed by atoms with van der Waals surface area (Å²) >= 11 is 0. The van der Waals surface area contributed by atoms with Gasteiger partial charge in [0.25, 0.3) is 0 Å². The minimum absolute atomic E-state index is 0. The van der Waals surface area contributed by atoms with Crippen LogP contribution in [0.1, 0.15) is 42.3 Å². The minimum Gasteiger partial charge on any atom is -0.343 e. The molecule has 0 amide bonds. The van der Waals surface area contributed by atoms with Gasteiger partial charge in [0, 0.05) is 30.1 Å². The van der Waals surface area contributed by atoms with Crippen LogP contribution in [0, 0.1) is 40.0 Å². The molecular weight excluding hydrogens is 341 g/mol.